The molecule has 0 amide bonds. The molecule has 0 fully saturated rings. The van der Waals surface area contributed by atoms with Crippen LogP contribution < -0.4 is 0 Å². The minimum Gasteiger partial charge on any atom is -0.350 e. The molecule has 0 saturated carbocycles. The summed E-state index contributed by atoms with van der Waals surface area (Å²) < 4.78 is 1.17. The van der Waals surface area contributed by atoms with Gasteiger partial charge in [-0.15, -0.1) is 16.5 Å². The Morgan fingerprint density at radius 2 is 2.12 bits per heavy atom. The number of rotatable bonds is 1. The zero-order valence-electron chi connectivity index (χ0n) is 8.24. The predicted octanol–water partition coefficient (Wildman–Crippen LogP) is 3.78. The average Bonchev–Trinajstić information content (AvgIpc) is 2.35. The summed E-state index contributed by atoms with van der Waals surface area (Å²) in [5.41, 5.74) is 8.98. The maximum Gasteiger partial charge on any atom is 0.191 e. The second-order valence-corrected chi connectivity index (χ2v) is 4.42. The first-order chi connectivity index (χ1) is 7.88. The SMILES string of the molecule is N=Nc1[nH][nH]cc2sc3ccccc3[nH]c1-2. The van der Waals surface area contributed by atoms with Crippen LogP contribution in [0, 0.1) is 5.53 Å². The molecule has 16 heavy (non-hydrogen) atoms. The van der Waals surface area contributed by atoms with Gasteiger partial charge in [0.1, 0.15) is 5.69 Å². The third kappa shape index (κ3) is 1.31. The average molecular weight is 231 g/mol. The normalized spacial score (nSPS) is 10.8. The van der Waals surface area contributed by atoms with Crippen LogP contribution in [0.15, 0.2) is 35.6 Å². The largest absolute Gasteiger partial charge is 0.350 e. The topological polar surface area (TPSA) is 83.6 Å². The van der Waals surface area contributed by atoms with Crippen molar-refractivity contribution >= 4 is 27.4 Å². The maximum absolute atomic E-state index is 7.09. The predicted molar refractivity (Wildman–Crippen MR) is 63.9 cm³/mol. The Balaban J connectivity index is 2.46. The molecule has 0 spiro atoms. The van der Waals surface area contributed by atoms with Crippen molar-refractivity contribution in [2.75, 3.05) is 0 Å². The zero-order chi connectivity index (χ0) is 11.0. The molecule has 80 valence electrons. The van der Waals surface area contributed by atoms with Gasteiger partial charge >= 0.3 is 0 Å². The molecule has 0 saturated heterocycles. The van der Waals surface area contributed by atoms with E-state index in [-0.39, 0.29) is 0 Å². The molecule has 2 aliphatic heterocycles. The zero-order valence-corrected chi connectivity index (χ0v) is 9.06. The molecule has 0 atom stereocenters. The monoisotopic (exact) mass is 231 g/mol. The highest BCUT2D eigenvalue weighted by Gasteiger charge is 2.09. The van der Waals surface area contributed by atoms with Gasteiger partial charge in [-0.05, 0) is 12.1 Å². The van der Waals surface area contributed by atoms with E-state index in [1.165, 1.54) is 4.70 Å². The molecule has 2 aliphatic rings. The summed E-state index contributed by atoms with van der Waals surface area (Å²) in [4.78, 5) is 4.31. The lowest BCUT2D eigenvalue weighted by atomic mass is 10.3. The third-order valence-electron chi connectivity index (χ3n) is 2.36. The van der Waals surface area contributed by atoms with Crippen molar-refractivity contribution in [1.29, 1.82) is 5.53 Å². The summed E-state index contributed by atoms with van der Waals surface area (Å²) in [6.45, 7) is 0. The van der Waals surface area contributed by atoms with E-state index in [0.29, 0.717) is 5.82 Å². The van der Waals surface area contributed by atoms with Crippen molar-refractivity contribution in [2.45, 2.75) is 0 Å². The number of para-hydroxylation sites is 1. The minimum atomic E-state index is 0.500. The summed E-state index contributed by atoms with van der Waals surface area (Å²) in [6, 6.07) is 8.06. The highest BCUT2D eigenvalue weighted by Crippen LogP contribution is 2.34. The number of aromatic nitrogens is 3. The third-order valence-corrected chi connectivity index (χ3v) is 3.47. The molecule has 2 heterocycles. The van der Waals surface area contributed by atoms with E-state index >= 15 is 0 Å². The van der Waals surface area contributed by atoms with Gasteiger partial charge in [-0.2, -0.15) is 0 Å². The fourth-order valence-corrected chi connectivity index (χ4v) is 2.60. The van der Waals surface area contributed by atoms with E-state index in [2.05, 4.69) is 26.4 Å². The summed E-state index contributed by atoms with van der Waals surface area (Å²) in [5.74, 6) is 0.500. The quantitative estimate of drug-likeness (QED) is 0.363. The van der Waals surface area contributed by atoms with E-state index < -0.39 is 0 Å². The van der Waals surface area contributed by atoms with Crippen LogP contribution in [0.4, 0.5) is 5.82 Å². The van der Waals surface area contributed by atoms with Crippen molar-refractivity contribution in [1.82, 2.24) is 15.2 Å². The first-order valence-corrected chi connectivity index (χ1v) is 5.58. The van der Waals surface area contributed by atoms with E-state index in [1.54, 1.807) is 11.3 Å². The van der Waals surface area contributed by atoms with Gasteiger partial charge in [-0.25, -0.2) is 5.53 Å². The first-order valence-electron chi connectivity index (χ1n) is 4.76. The number of hydrogen-bond donors (Lipinski definition) is 4. The summed E-state index contributed by atoms with van der Waals surface area (Å²) in [5, 5.41) is 9.14. The maximum atomic E-state index is 7.09. The van der Waals surface area contributed by atoms with Gasteiger partial charge in [0.25, 0.3) is 0 Å². The standard InChI is InChI=1S/C10H9N5S/c11-14-10-9-8(5-12-15-10)16-7-4-2-1-3-6(7)13-9/h1-5,11-13,15H. The van der Waals surface area contributed by atoms with Gasteiger partial charge in [-0.3, -0.25) is 5.10 Å². The number of nitrogens with zero attached hydrogens (tertiary/aromatic N) is 1. The van der Waals surface area contributed by atoms with Gasteiger partial charge in [0.05, 0.1) is 15.1 Å². The molecule has 0 aliphatic carbocycles. The van der Waals surface area contributed by atoms with Gasteiger partial charge in [0, 0.05) is 6.20 Å². The molecule has 3 rings (SSSR count). The van der Waals surface area contributed by atoms with Gasteiger partial charge in [0.2, 0.25) is 0 Å². The van der Waals surface area contributed by atoms with Crippen molar-refractivity contribution in [3.05, 3.63) is 30.5 Å². The van der Waals surface area contributed by atoms with Crippen LogP contribution in [0.2, 0.25) is 0 Å². The Bertz CT molecular complexity index is 654. The summed E-state index contributed by atoms with van der Waals surface area (Å²) in [7, 11) is 0. The van der Waals surface area contributed by atoms with Crippen LogP contribution in [0.25, 0.3) is 20.8 Å². The number of H-pyrrole nitrogens is 3. The Labute approximate surface area is 94.7 Å². The number of hydrogen-bond acceptors (Lipinski definition) is 3. The lowest BCUT2D eigenvalue weighted by Gasteiger charge is -2.09. The molecule has 4 N–H and O–H groups in total. The van der Waals surface area contributed by atoms with Crippen LogP contribution in [0.5, 0.6) is 0 Å². The molecule has 0 unspecified atom stereocenters. The smallest absolute Gasteiger partial charge is 0.191 e. The van der Waals surface area contributed by atoms with E-state index in [9.17, 15) is 0 Å². The highest BCUT2D eigenvalue weighted by molar-refractivity contribution is 7.21. The second-order valence-electron chi connectivity index (χ2n) is 3.34. The van der Waals surface area contributed by atoms with Crippen molar-refractivity contribution < 1.29 is 0 Å². The van der Waals surface area contributed by atoms with Crippen LogP contribution in [0.3, 0.4) is 0 Å². The summed E-state index contributed by atoms with van der Waals surface area (Å²) in [6.07, 6.45) is 1.86. The van der Waals surface area contributed by atoms with E-state index in [1.807, 2.05) is 24.4 Å². The molecular weight excluding hydrogens is 222 g/mol. The number of fused-ring (bicyclic) bond motifs is 2. The van der Waals surface area contributed by atoms with Crippen molar-refractivity contribution in [3.8, 4) is 10.6 Å². The number of nitrogens with one attached hydrogen (secondary N) is 4. The van der Waals surface area contributed by atoms with Crippen LogP contribution in [-0.4, -0.2) is 15.2 Å². The second kappa shape index (κ2) is 3.49. The molecule has 1 aromatic carbocycles. The van der Waals surface area contributed by atoms with E-state index in [0.717, 1.165) is 16.1 Å². The van der Waals surface area contributed by atoms with Gasteiger partial charge < -0.3 is 10.1 Å². The Morgan fingerprint density at radius 3 is 3.00 bits per heavy atom. The molecule has 0 aromatic heterocycles. The Morgan fingerprint density at radius 1 is 1.25 bits per heavy atom. The molecule has 1 aromatic rings. The fraction of sp³-hybridized carbons (Fsp3) is 0. The Kier molecular flexibility index (Phi) is 2.00. The molecule has 6 heteroatoms. The van der Waals surface area contributed by atoms with Gasteiger partial charge in [-0.1, -0.05) is 12.1 Å². The van der Waals surface area contributed by atoms with Crippen molar-refractivity contribution in [3.63, 3.8) is 0 Å². The number of aromatic amines is 3. The fourth-order valence-electron chi connectivity index (χ4n) is 1.62. The van der Waals surface area contributed by atoms with Crippen LogP contribution in [-0.2, 0) is 0 Å². The molecule has 5 nitrogen and oxygen atoms in total. The lowest BCUT2D eigenvalue weighted by Crippen LogP contribution is -1.91. The van der Waals surface area contributed by atoms with Crippen LogP contribution in [0.1, 0.15) is 0 Å². The molecule has 0 radical (unpaired) electrons. The number of benzene rings is 1. The lowest BCUT2D eigenvalue weighted by molar-refractivity contribution is 0.976. The first kappa shape index (κ1) is 9.17. The van der Waals surface area contributed by atoms with Crippen molar-refractivity contribution in [2.24, 2.45) is 5.11 Å². The van der Waals surface area contributed by atoms with Crippen LogP contribution >= 0.6 is 11.3 Å². The highest BCUT2D eigenvalue weighted by atomic mass is 32.1. The molecule has 0 bridgehead atoms. The minimum absolute atomic E-state index is 0.500. The molecular formula is C10H9N5S. The Hall–Kier alpha value is -2.08. The summed E-state index contributed by atoms with van der Waals surface area (Å²) >= 11 is 1.65. The van der Waals surface area contributed by atoms with E-state index in [4.69, 9.17) is 5.53 Å². The van der Waals surface area contributed by atoms with Gasteiger partial charge in [0.15, 0.2) is 5.82 Å².